The predicted molar refractivity (Wildman–Crippen MR) is 106 cm³/mol. The van der Waals surface area contributed by atoms with Crippen LogP contribution in [-0.4, -0.2) is 10.9 Å². The quantitative estimate of drug-likeness (QED) is 0.667. The third-order valence-electron chi connectivity index (χ3n) is 4.00. The van der Waals surface area contributed by atoms with E-state index in [0.29, 0.717) is 17.1 Å². The van der Waals surface area contributed by atoms with Gasteiger partial charge in [0.25, 0.3) is 5.91 Å². The second-order valence-electron chi connectivity index (χ2n) is 6.22. The Bertz CT molecular complexity index is 940. The van der Waals surface area contributed by atoms with E-state index in [1.54, 1.807) is 18.5 Å². The number of rotatable bonds is 5. The number of carbonyl (C=O) groups is 1. The molecule has 0 aliphatic rings. The second kappa shape index (κ2) is 8.02. The lowest BCUT2D eigenvalue weighted by atomic mass is 10.1. The van der Waals surface area contributed by atoms with Gasteiger partial charge in [0, 0.05) is 23.5 Å². The summed E-state index contributed by atoms with van der Waals surface area (Å²) in [7, 11) is 0. The molecule has 5 heteroatoms. The molecule has 3 aromatic rings. The summed E-state index contributed by atoms with van der Waals surface area (Å²) in [5.41, 5.74) is 5.32. The van der Waals surface area contributed by atoms with Crippen LogP contribution >= 0.6 is 11.6 Å². The standard InChI is InChI=1S/C21H20ClN3O/c1-14-4-3-5-16(8-14)11-24-21(26)17-9-19(13-23-12-17)25-18-7-6-15(2)20(22)10-18/h3-10,12-13,25H,11H2,1-2H3,(H,24,26). The third kappa shape index (κ3) is 4.61. The number of hydrogen-bond acceptors (Lipinski definition) is 3. The molecule has 1 aromatic heterocycles. The smallest absolute Gasteiger partial charge is 0.253 e. The molecule has 1 amide bonds. The van der Waals surface area contributed by atoms with E-state index in [9.17, 15) is 4.79 Å². The van der Waals surface area contributed by atoms with E-state index in [1.165, 1.54) is 5.56 Å². The van der Waals surface area contributed by atoms with Gasteiger partial charge in [-0.2, -0.15) is 0 Å². The third-order valence-corrected chi connectivity index (χ3v) is 4.40. The summed E-state index contributed by atoms with van der Waals surface area (Å²) >= 11 is 6.15. The Balaban J connectivity index is 1.67. The zero-order chi connectivity index (χ0) is 18.5. The predicted octanol–water partition coefficient (Wildman–Crippen LogP) is 5.03. The van der Waals surface area contributed by atoms with Crippen LogP contribution in [0.15, 0.2) is 60.9 Å². The Kier molecular flexibility index (Phi) is 5.54. The molecule has 26 heavy (non-hydrogen) atoms. The Morgan fingerprint density at radius 2 is 1.88 bits per heavy atom. The highest BCUT2D eigenvalue weighted by atomic mass is 35.5. The van der Waals surface area contributed by atoms with Gasteiger partial charge in [-0.3, -0.25) is 9.78 Å². The molecule has 0 aliphatic heterocycles. The molecule has 132 valence electrons. The van der Waals surface area contributed by atoms with Gasteiger partial charge in [-0.25, -0.2) is 0 Å². The first-order valence-corrected chi connectivity index (χ1v) is 8.71. The summed E-state index contributed by atoms with van der Waals surface area (Å²) in [5, 5.41) is 6.83. The number of halogens is 1. The Morgan fingerprint density at radius 3 is 2.65 bits per heavy atom. The van der Waals surface area contributed by atoms with E-state index in [-0.39, 0.29) is 5.91 Å². The van der Waals surface area contributed by atoms with Crippen molar-refractivity contribution in [3.63, 3.8) is 0 Å². The average Bonchev–Trinajstić information content (AvgIpc) is 2.63. The van der Waals surface area contributed by atoms with Gasteiger partial charge in [-0.15, -0.1) is 0 Å². The Morgan fingerprint density at radius 1 is 1.04 bits per heavy atom. The van der Waals surface area contributed by atoms with Crippen LogP contribution in [0.3, 0.4) is 0 Å². The van der Waals surface area contributed by atoms with E-state index in [1.807, 2.05) is 50.2 Å². The molecule has 0 atom stereocenters. The van der Waals surface area contributed by atoms with E-state index in [0.717, 1.165) is 22.5 Å². The lowest BCUT2D eigenvalue weighted by molar-refractivity contribution is 0.0950. The maximum absolute atomic E-state index is 12.4. The van der Waals surface area contributed by atoms with Crippen molar-refractivity contribution in [2.24, 2.45) is 0 Å². The number of amides is 1. The molecule has 3 rings (SSSR count). The first-order valence-electron chi connectivity index (χ1n) is 8.33. The SMILES string of the molecule is Cc1cccc(CNC(=O)c2cncc(Nc3ccc(C)c(Cl)c3)c2)c1. The first kappa shape index (κ1) is 18.0. The van der Waals surface area contributed by atoms with Crippen molar-refractivity contribution in [2.75, 3.05) is 5.32 Å². The van der Waals surface area contributed by atoms with Crippen molar-refractivity contribution in [3.05, 3.63) is 88.2 Å². The summed E-state index contributed by atoms with van der Waals surface area (Å²) < 4.78 is 0. The fourth-order valence-electron chi connectivity index (χ4n) is 2.58. The molecule has 4 nitrogen and oxygen atoms in total. The largest absolute Gasteiger partial charge is 0.354 e. The molecule has 2 N–H and O–H groups in total. The van der Waals surface area contributed by atoms with Crippen LogP contribution in [0.5, 0.6) is 0 Å². The number of carbonyl (C=O) groups excluding carboxylic acids is 1. The maximum atomic E-state index is 12.4. The number of pyridine rings is 1. The summed E-state index contributed by atoms with van der Waals surface area (Å²) in [6.07, 6.45) is 3.23. The zero-order valence-electron chi connectivity index (χ0n) is 14.7. The lowest BCUT2D eigenvalue weighted by Gasteiger charge is -2.10. The van der Waals surface area contributed by atoms with Crippen molar-refractivity contribution in [2.45, 2.75) is 20.4 Å². The van der Waals surface area contributed by atoms with Crippen molar-refractivity contribution in [3.8, 4) is 0 Å². The average molecular weight is 366 g/mol. The van der Waals surface area contributed by atoms with Crippen LogP contribution in [0.1, 0.15) is 27.0 Å². The van der Waals surface area contributed by atoms with E-state index in [4.69, 9.17) is 11.6 Å². The number of nitrogens with zero attached hydrogens (tertiary/aromatic N) is 1. The molecule has 0 spiro atoms. The van der Waals surface area contributed by atoms with E-state index in [2.05, 4.69) is 21.7 Å². The van der Waals surface area contributed by atoms with Crippen LogP contribution in [0.25, 0.3) is 0 Å². The lowest BCUT2D eigenvalue weighted by Crippen LogP contribution is -2.23. The van der Waals surface area contributed by atoms with Crippen molar-refractivity contribution in [1.29, 1.82) is 0 Å². The minimum absolute atomic E-state index is 0.162. The van der Waals surface area contributed by atoms with Gasteiger partial charge >= 0.3 is 0 Å². The zero-order valence-corrected chi connectivity index (χ0v) is 15.5. The van der Waals surface area contributed by atoms with Crippen molar-refractivity contribution < 1.29 is 4.79 Å². The fourth-order valence-corrected chi connectivity index (χ4v) is 2.76. The number of nitrogens with one attached hydrogen (secondary N) is 2. The summed E-state index contributed by atoms with van der Waals surface area (Å²) in [5.74, 6) is -0.162. The van der Waals surface area contributed by atoms with Gasteiger partial charge in [-0.1, -0.05) is 47.5 Å². The Labute approximate surface area is 158 Å². The number of benzene rings is 2. The number of anilines is 2. The molecule has 1 heterocycles. The maximum Gasteiger partial charge on any atom is 0.253 e. The topological polar surface area (TPSA) is 54.0 Å². The molecule has 0 unspecified atom stereocenters. The van der Waals surface area contributed by atoms with Crippen molar-refractivity contribution in [1.82, 2.24) is 10.3 Å². The molecular formula is C21H20ClN3O. The molecule has 0 saturated heterocycles. The van der Waals surface area contributed by atoms with Gasteiger partial charge in [0.05, 0.1) is 17.4 Å². The van der Waals surface area contributed by atoms with Gasteiger partial charge in [-0.05, 0) is 43.2 Å². The van der Waals surface area contributed by atoms with Gasteiger partial charge in [0.15, 0.2) is 0 Å². The molecule has 0 bridgehead atoms. The molecule has 0 aliphatic carbocycles. The minimum atomic E-state index is -0.162. The van der Waals surface area contributed by atoms with Gasteiger partial charge in [0.2, 0.25) is 0 Å². The highest BCUT2D eigenvalue weighted by Crippen LogP contribution is 2.23. The number of hydrogen-bond donors (Lipinski definition) is 2. The summed E-state index contributed by atoms with van der Waals surface area (Å²) in [4.78, 5) is 16.6. The number of aromatic nitrogens is 1. The first-order chi connectivity index (χ1) is 12.5. The molecule has 0 radical (unpaired) electrons. The Hall–Kier alpha value is -2.85. The summed E-state index contributed by atoms with van der Waals surface area (Å²) in [6, 6.07) is 15.6. The van der Waals surface area contributed by atoms with E-state index >= 15 is 0 Å². The van der Waals surface area contributed by atoms with Crippen molar-refractivity contribution >= 4 is 28.9 Å². The van der Waals surface area contributed by atoms with Crippen LogP contribution in [0.4, 0.5) is 11.4 Å². The highest BCUT2D eigenvalue weighted by Gasteiger charge is 2.08. The summed E-state index contributed by atoms with van der Waals surface area (Å²) in [6.45, 7) is 4.46. The monoisotopic (exact) mass is 365 g/mol. The molecule has 2 aromatic carbocycles. The minimum Gasteiger partial charge on any atom is -0.354 e. The van der Waals surface area contributed by atoms with Crippen LogP contribution in [0, 0.1) is 13.8 Å². The van der Waals surface area contributed by atoms with Gasteiger partial charge < -0.3 is 10.6 Å². The van der Waals surface area contributed by atoms with Crippen LogP contribution < -0.4 is 10.6 Å². The molecular weight excluding hydrogens is 346 g/mol. The molecule has 0 saturated carbocycles. The fraction of sp³-hybridized carbons (Fsp3) is 0.143. The van der Waals surface area contributed by atoms with Crippen LogP contribution in [-0.2, 0) is 6.54 Å². The van der Waals surface area contributed by atoms with Crippen LogP contribution in [0.2, 0.25) is 5.02 Å². The second-order valence-corrected chi connectivity index (χ2v) is 6.63. The molecule has 0 fully saturated rings. The normalized spacial score (nSPS) is 10.4. The highest BCUT2D eigenvalue weighted by molar-refractivity contribution is 6.31. The number of aryl methyl sites for hydroxylation is 2. The van der Waals surface area contributed by atoms with Gasteiger partial charge in [0.1, 0.15) is 0 Å². The van der Waals surface area contributed by atoms with E-state index < -0.39 is 0 Å².